The van der Waals surface area contributed by atoms with Crippen LogP contribution in [0.2, 0.25) is 0 Å². The monoisotopic (exact) mass is 531 g/mol. The van der Waals surface area contributed by atoms with E-state index in [9.17, 15) is 4.79 Å². The SMILES string of the molecule is COc1ccc(CN=C(NCC(=O)N(C)C)N2CCC(N3CCOCC3)C2)cc1.I. The van der Waals surface area contributed by atoms with Crippen LogP contribution in [-0.4, -0.2) is 99.8 Å². The zero-order valence-corrected chi connectivity index (χ0v) is 20.5. The van der Waals surface area contributed by atoms with Gasteiger partial charge in [-0.3, -0.25) is 9.69 Å². The van der Waals surface area contributed by atoms with Crippen molar-refractivity contribution in [1.82, 2.24) is 20.0 Å². The molecule has 9 heteroatoms. The van der Waals surface area contributed by atoms with Crippen molar-refractivity contribution in [2.24, 2.45) is 4.99 Å². The largest absolute Gasteiger partial charge is 0.497 e. The predicted molar refractivity (Wildman–Crippen MR) is 129 cm³/mol. The van der Waals surface area contributed by atoms with Gasteiger partial charge in [-0.1, -0.05) is 12.1 Å². The zero-order valence-electron chi connectivity index (χ0n) is 18.2. The van der Waals surface area contributed by atoms with Crippen LogP contribution in [0.15, 0.2) is 29.3 Å². The van der Waals surface area contributed by atoms with E-state index in [2.05, 4.69) is 15.1 Å². The summed E-state index contributed by atoms with van der Waals surface area (Å²) in [5.41, 5.74) is 1.10. The predicted octanol–water partition coefficient (Wildman–Crippen LogP) is 1.25. The second-order valence-corrected chi connectivity index (χ2v) is 7.67. The topological polar surface area (TPSA) is 69.6 Å². The Morgan fingerprint density at radius 2 is 1.93 bits per heavy atom. The molecule has 1 atom stereocenters. The fraction of sp³-hybridized carbons (Fsp3) is 0.619. The van der Waals surface area contributed by atoms with Crippen molar-refractivity contribution in [2.45, 2.75) is 19.0 Å². The lowest BCUT2D eigenvalue weighted by Crippen LogP contribution is -2.48. The maximum absolute atomic E-state index is 12.1. The summed E-state index contributed by atoms with van der Waals surface area (Å²) < 4.78 is 10.7. The molecule has 0 aromatic heterocycles. The van der Waals surface area contributed by atoms with Gasteiger partial charge < -0.3 is 24.6 Å². The first-order chi connectivity index (χ1) is 14.1. The number of aliphatic imine (C=N–C) groups is 1. The molecular weight excluding hydrogens is 497 g/mol. The minimum atomic E-state index is 0. The van der Waals surface area contributed by atoms with Crippen LogP contribution in [0.5, 0.6) is 5.75 Å². The molecule has 0 bridgehead atoms. The molecule has 8 nitrogen and oxygen atoms in total. The third-order valence-corrected chi connectivity index (χ3v) is 5.49. The van der Waals surface area contributed by atoms with Crippen molar-refractivity contribution < 1.29 is 14.3 Å². The quantitative estimate of drug-likeness (QED) is 0.339. The van der Waals surface area contributed by atoms with Gasteiger partial charge in [-0.25, -0.2) is 4.99 Å². The van der Waals surface area contributed by atoms with Crippen LogP contribution in [0.4, 0.5) is 0 Å². The zero-order chi connectivity index (χ0) is 20.6. The number of hydrogen-bond donors (Lipinski definition) is 1. The molecule has 3 rings (SSSR count). The van der Waals surface area contributed by atoms with Crippen LogP contribution in [0.25, 0.3) is 0 Å². The third kappa shape index (κ3) is 6.98. The maximum Gasteiger partial charge on any atom is 0.241 e. The minimum absolute atomic E-state index is 0. The van der Waals surface area contributed by atoms with Gasteiger partial charge in [-0.15, -0.1) is 24.0 Å². The number of hydrogen-bond acceptors (Lipinski definition) is 5. The normalized spacial score (nSPS) is 19.9. The highest BCUT2D eigenvalue weighted by Gasteiger charge is 2.30. The molecule has 0 saturated carbocycles. The van der Waals surface area contributed by atoms with Gasteiger partial charge in [0.25, 0.3) is 0 Å². The molecule has 30 heavy (non-hydrogen) atoms. The fourth-order valence-corrected chi connectivity index (χ4v) is 3.65. The average Bonchev–Trinajstić information content (AvgIpc) is 3.24. The Kier molecular flexibility index (Phi) is 10.1. The smallest absolute Gasteiger partial charge is 0.241 e. The molecule has 2 fully saturated rings. The number of amides is 1. The van der Waals surface area contributed by atoms with Gasteiger partial charge in [0.15, 0.2) is 5.96 Å². The molecule has 2 saturated heterocycles. The van der Waals surface area contributed by atoms with Crippen LogP contribution in [0.3, 0.4) is 0 Å². The number of nitrogens with zero attached hydrogens (tertiary/aromatic N) is 4. The number of morpholine rings is 1. The van der Waals surface area contributed by atoms with E-state index in [0.717, 1.165) is 63.1 Å². The number of benzene rings is 1. The van der Waals surface area contributed by atoms with E-state index < -0.39 is 0 Å². The van der Waals surface area contributed by atoms with Gasteiger partial charge in [0.1, 0.15) is 5.75 Å². The second-order valence-electron chi connectivity index (χ2n) is 7.67. The summed E-state index contributed by atoms with van der Waals surface area (Å²) in [6.45, 7) is 6.26. The molecular formula is C21H34IN5O3. The number of methoxy groups -OCH3 is 1. The highest BCUT2D eigenvalue weighted by Crippen LogP contribution is 2.18. The molecule has 1 unspecified atom stereocenters. The van der Waals surface area contributed by atoms with Gasteiger partial charge in [-0.2, -0.15) is 0 Å². The maximum atomic E-state index is 12.1. The summed E-state index contributed by atoms with van der Waals surface area (Å²) in [4.78, 5) is 23.3. The standard InChI is InChI=1S/C21H33N5O3.HI/c1-24(2)20(27)15-23-21(22-14-17-4-6-19(28-3)7-5-17)26-9-8-18(16-26)25-10-12-29-13-11-25;/h4-7,18H,8-16H2,1-3H3,(H,22,23);1H. The third-order valence-electron chi connectivity index (χ3n) is 5.49. The highest BCUT2D eigenvalue weighted by molar-refractivity contribution is 14.0. The minimum Gasteiger partial charge on any atom is -0.497 e. The van der Waals surface area contributed by atoms with Crippen LogP contribution in [0, 0.1) is 0 Å². The van der Waals surface area contributed by atoms with E-state index in [1.54, 1.807) is 26.1 Å². The number of likely N-dealkylation sites (N-methyl/N-ethyl adjacent to an activating group) is 1. The highest BCUT2D eigenvalue weighted by atomic mass is 127. The second kappa shape index (κ2) is 12.3. The summed E-state index contributed by atoms with van der Waals surface area (Å²) >= 11 is 0. The summed E-state index contributed by atoms with van der Waals surface area (Å²) in [7, 11) is 5.19. The molecule has 0 aliphatic carbocycles. The molecule has 2 aliphatic rings. The molecule has 2 heterocycles. The van der Waals surface area contributed by atoms with E-state index in [-0.39, 0.29) is 36.4 Å². The van der Waals surface area contributed by atoms with Crippen molar-refractivity contribution in [3.8, 4) is 5.75 Å². The first-order valence-corrected chi connectivity index (χ1v) is 10.2. The number of carbonyl (C=O) groups excluding carboxylic acids is 1. The first-order valence-electron chi connectivity index (χ1n) is 10.2. The lowest BCUT2D eigenvalue weighted by molar-refractivity contribution is -0.127. The molecule has 1 amide bonds. The van der Waals surface area contributed by atoms with Gasteiger partial charge in [0.2, 0.25) is 5.91 Å². The average molecular weight is 531 g/mol. The number of nitrogens with one attached hydrogen (secondary N) is 1. The molecule has 0 spiro atoms. The van der Waals surface area contributed by atoms with Crippen LogP contribution >= 0.6 is 24.0 Å². The molecule has 1 aromatic carbocycles. The van der Waals surface area contributed by atoms with Gasteiger partial charge >= 0.3 is 0 Å². The molecule has 0 radical (unpaired) electrons. The number of carbonyl (C=O) groups is 1. The summed E-state index contributed by atoms with van der Waals surface area (Å²) in [6.07, 6.45) is 1.10. The number of likely N-dealkylation sites (tertiary alicyclic amines) is 1. The summed E-state index contributed by atoms with van der Waals surface area (Å²) in [5.74, 6) is 1.67. The van der Waals surface area contributed by atoms with Crippen molar-refractivity contribution in [2.75, 3.05) is 67.1 Å². The summed E-state index contributed by atoms with van der Waals surface area (Å²) in [6, 6.07) is 8.43. The van der Waals surface area contributed by atoms with E-state index in [4.69, 9.17) is 14.5 Å². The van der Waals surface area contributed by atoms with Gasteiger partial charge in [0, 0.05) is 46.3 Å². The molecule has 1 N–H and O–H groups in total. The van der Waals surface area contributed by atoms with Crippen molar-refractivity contribution in [1.29, 1.82) is 0 Å². The number of ether oxygens (including phenoxy) is 2. The Morgan fingerprint density at radius 3 is 2.57 bits per heavy atom. The Labute approximate surface area is 196 Å². The fourth-order valence-electron chi connectivity index (χ4n) is 3.65. The van der Waals surface area contributed by atoms with Gasteiger partial charge in [-0.05, 0) is 24.1 Å². The molecule has 1 aromatic rings. The number of guanidine groups is 1. The van der Waals surface area contributed by atoms with E-state index in [1.807, 2.05) is 24.3 Å². The Hall–Kier alpha value is -1.59. The number of rotatable bonds is 6. The van der Waals surface area contributed by atoms with E-state index in [0.29, 0.717) is 12.6 Å². The Bertz CT molecular complexity index is 692. The van der Waals surface area contributed by atoms with Crippen molar-refractivity contribution in [3.05, 3.63) is 29.8 Å². The van der Waals surface area contributed by atoms with Gasteiger partial charge in [0.05, 0.1) is 33.4 Å². The van der Waals surface area contributed by atoms with Crippen LogP contribution < -0.4 is 10.1 Å². The summed E-state index contributed by atoms with van der Waals surface area (Å²) in [5, 5.41) is 3.28. The first kappa shape index (κ1) is 24.7. The Balaban J connectivity index is 0.00000320. The molecule has 168 valence electrons. The van der Waals surface area contributed by atoms with Crippen molar-refractivity contribution >= 4 is 35.8 Å². The van der Waals surface area contributed by atoms with E-state index in [1.165, 1.54) is 0 Å². The Morgan fingerprint density at radius 1 is 1.23 bits per heavy atom. The van der Waals surface area contributed by atoms with Crippen molar-refractivity contribution in [3.63, 3.8) is 0 Å². The molecule has 2 aliphatic heterocycles. The number of halogens is 1. The van der Waals surface area contributed by atoms with Crippen LogP contribution in [-0.2, 0) is 16.1 Å². The lowest BCUT2D eigenvalue weighted by Gasteiger charge is -2.32. The lowest BCUT2D eigenvalue weighted by atomic mass is 10.2. The van der Waals surface area contributed by atoms with Crippen LogP contribution in [0.1, 0.15) is 12.0 Å². The van der Waals surface area contributed by atoms with E-state index >= 15 is 0 Å².